The molecule has 4 aliphatic rings. The highest BCUT2D eigenvalue weighted by Crippen LogP contribution is 2.35. The van der Waals surface area contributed by atoms with Gasteiger partial charge in [0.05, 0.1) is 39.6 Å². The molecule has 0 spiro atoms. The van der Waals surface area contributed by atoms with Crippen LogP contribution in [-0.2, 0) is 37.9 Å². The van der Waals surface area contributed by atoms with Crippen LogP contribution in [0.4, 0.5) is 0 Å². The highest BCUT2D eigenvalue weighted by molar-refractivity contribution is 4.98. The summed E-state index contributed by atoms with van der Waals surface area (Å²) < 4.78 is 43.8. The van der Waals surface area contributed by atoms with E-state index in [2.05, 4.69) is 0 Å². The van der Waals surface area contributed by atoms with Gasteiger partial charge in [-0.1, -0.05) is 0 Å². The quantitative estimate of drug-likeness (QED) is 0.0647. The lowest BCUT2D eigenvalue weighted by atomic mass is 9.95. The maximum Gasteiger partial charge on any atom is 0.187 e. The predicted molar refractivity (Wildman–Crippen MR) is 169 cm³/mol. The van der Waals surface area contributed by atoms with Crippen LogP contribution in [0.2, 0.25) is 0 Å². The second-order valence-electron chi connectivity index (χ2n) is 13.7. The van der Waals surface area contributed by atoms with Gasteiger partial charge in [0.1, 0.15) is 122 Å². The van der Waals surface area contributed by atoms with E-state index in [-0.39, 0.29) is 0 Å². The number of ether oxygens (including phenoxy) is 8. The minimum atomic E-state index is -2.14. The molecule has 0 unspecified atom stereocenters. The van der Waals surface area contributed by atoms with E-state index < -0.39 is 187 Å². The summed E-state index contributed by atoms with van der Waals surface area (Å²) in [7, 11) is 0. The molecule has 0 aliphatic carbocycles. The molecule has 0 saturated carbocycles. The molecule has 56 heavy (non-hydrogen) atoms. The normalized spacial score (nSPS) is 47.2. The minimum Gasteiger partial charge on any atom is -0.394 e. The SMILES string of the molecule is OC[C@@H](O)[C@@H](O)[C@H](O[C@@H]1O[C@H](CO)[C@@H](O[C@@H]2O[C@H](CO)[C@@H](O[C@@H]3O[C@H](CO)[C@@H](O[C@@H]4O[C@H](CO)[C@@H](O)[C@H](O)[C@@H]4O)[C@H](O)[C@@H]3O)[C@H](O)[C@@H]2O)[C@H](O)[C@@H]1O)[C@H](O)CO. The predicted octanol–water partition coefficient (Wildman–Crippen LogP) is -12.3. The van der Waals surface area contributed by atoms with Gasteiger partial charge in [0, 0.05) is 0 Å². The minimum absolute atomic E-state index is 0.816. The molecule has 4 aliphatic heterocycles. The Hall–Kier alpha value is -1.04. The summed E-state index contributed by atoms with van der Waals surface area (Å²) >= 11 is 0. The van der Waals surface area contributed by atoms with Crippen molar-refractivity contribution in [3.63, 3.8) is 0 Å². The van der Waals surface area contributed by atoms with E-state index in [0.29, 0.717) is 0 Å². The molecule has 0 bridgehead atoms. The van der Waals surface area contributed by atoms with Crippen molar-refractivity contribution in [1.29, 1.82) is 0 Å². The zero-order valence-corrected chi connectivity index (χ0v) is 29.4. The second kappa shape index (κ2) is 21.0. The average Bonchev–Trinajstić information content (AvgIpc) is 3.20. The maximum atomic E-state index is 11.1. The molecule has 0 aromatic heterocycles. The van der Waals surface area contributed by atoms with Crippen molar-refractivity contribution in [1.82, 2.24) is 0 Å². The third kappa shape index (κ3) is 10.1. The Bertz CT molecular complexity index is 1150. The number of aliphatic hydroxyl groups is 18. The summed E-state index contributed by atoms with van der Waals surface area (Å²) in [5.74, 6) is 0. The molecule has 0 amide bonds. The van der Waals surface area contributed by atoms with Gasteiger partial charge in [0.2, 0.25) is 0 Å². The molecule has 0 aromatic carbocycles. The van der Waals surface area contributed by atoms with Crippen molar-refractivity contribution in [2.24, 2.45) is 0 Å². The van der Waals surface area contributed by atoms with E-state index in [4.69, 9.17) is 43.0 Å². The Morgan fingerprint density at radius 2 is 0.696 bits per heavy atom. The monoisotopic (exact) mass is 830 g/mol. The number of hydrogen-bond acceptors (Lipinski definition) is 26. The van der Waals surface area contributed by atoms with Gasteiger partial charge in [0.15, 0.2) is 25.2 Å². The average molecular weight is 831 g/mol. The molecule has 4 fully saturated rings. The topological polar surface area (TPSA) is 438 Å². The van der Waals surface area contributed by atoms with Crippen LogP contribution in [0.1, 0.15) is 0 Å². The summed E-state index contributed by atoms with van der Waals surface area (Å²) in [6.45, 7) is -5.79. The second-order valence-corrected chi connectivity index (χ2v) is 13.7. The van der Waals surface area contributed by atoms with Gasteiger partial charge in [0.25, 0.3) is 0 Å². The first-order chi connectivity index (χ1) is 26.5. The Morgan fingerprint density at radius 3 is 1.05 bits per heavy atom. The molecule has 330 valence electrons. The first-order valence-corrected chi connectivity index (χ1v) is 17.5. The summed E-state index contributed by atoms with van der Waals surface area (Å²) in [4.78, 5) is 0. The van der Waals surface area contributed by atoms with Crippen LogP contribution < -0.4 is 0 Å². The third-order valence-electron chi connectivity index (χ3n) is 9.96. The first-order valence-electron chi connectivity index (χ1n) is 17.5. The van der Waals surface area contributed by atoms with Gasteiger partial charge >= 0.3 is 0 Å². The van der Waals surface area contributed by atoms with Gasteiger partial charge in [-0.05, 0) is 0 Å². The number of aliphatic hydroxyl groups excluding tert-OH is 18. The molecule has 26 heteroatoms. The molecule has 4 rings (SSSR count). The van der Waals surface area contributed by atoms with Crippen LogP contribution in [0.3, 0.4) is 0 Å². The fourth-order valence-corrected chi connectivity index (χ4v) is 6.63. The molecule has 26 nitrogen and oxygen atoms in total. The summed E-state index contributed by atoms with van der Waals surface area (Å²) in [5.41, 5.74) is 0. The van der Waals surface area contributed by atoms with E-state index in [0.717, 1.165) is 0 Å². The molecule has 0 aromatic rings. The fraction of sp³-hybridized carbons (Fsp3) is 1.00. The zero-order valence-electron chi connectivity index (χ0n) is 29.4. The van der Waals surface area contributed by atoms with Crippen LogP contribution >= 0.6 is 0 Å². The maximum absolute atomic E-state index is 11.1. The van der Waals surface area contributed by atoms with Crippen LogP contribution in [0.5, 0.6) is 0 Å². The lowest BCUT2D eigenvalue weighted by molar-refractivity contribution is -0.390. The Morgan fingerprint density at radius 1 is 0.375 bits per heavy atom. The summed E-state index contributed by atoms with van der Waals surface area (Å²) in [5, 5.41) is 184. The molecular formula is C30H54O26. The van der Waals surface area contributed by atoms with Crippen molar-refractivity contribution in [2.45, 2.75) is 147 Å². The highest BCUT2D eigenvalue weighted by atomic mass is 16.8. The molecule has 24 atom stereocenters. The van der Waals surface area contributed by atoms with Crippen LogP contribution in [0.25, 0.3) is 0 Å². The van der Waals surface area contributed by atoms with Crippen LogP contribution in [0.15, 0.2) is 0 Å². The molecule has 4 heterocycles. The smallest absolute Gasteiger partial charge is 0.187 e. The number of hydrogen-bond donors (Lipinski definition) is 18. The lowest BCUT2D eigenvalue weighted by Gasteiger charge is -2.49. The summed E-state index contributed by atoms with van der Waals surface area (Å²) in [6.07, 6.45) is -45.3. The van der Waals surface area contributed by atoms with Gasteiger partial charge in [-0.25, -0.2) is 0 Å². The largest absolute Gasteiger partial charge is 0.394 e. The van der Waals surface area contributed by atoms with Crippen molar-refractivity contribution < 1.29 is 130 Å². The van der Waals surface area contributed by atoms with Crippen molar-refractivity contribution in [3.05, 3.63) is 0 Å². The standard InChI is InChI=1S/C30H54O26/c31-1-7(37)13(39)23(8(38)2-32)53-28-20(46)16(42)25(10(4-34)50-28)55-30-22(48)18(44)26(12(6-36)52-30)56-29-21(47)17(43)24(11(5-35)51-29)54-27-19(45)15(41)14(40)9(3-33)49-27/h7-48H,1-6H2/t7-,8-,9-,10-,11-,12-,13-,14-,15+,16-,17-,18-,19+,20+,21+,22+,23-,24-,25-,26-,27+,28+,29+,30+/m1/s1. The highest BCUT2D eigenvalue weighted by Gasteiger charge is 2.55. The van der Waals surface area contributed by atoms with E-state index >= 15 is 0 Å². The van der Waals surface area contributed by atoms with E-state index in [9.17, 15) is 86.8 Å². The van der Waals surface area contributed by atoms with E-state index in [1.54, 1.807) is 0 Å². The van der Waals surface area contributed by atoms with Gasteiger partial charge in [-0.2, -0.15) is 0 Å². The zero-order chi connectivity index (χ0) is 41.8. The van der Waals surface area contributed by atoms with Crippen LogP contribution in [-0.4, -0.2) is 279 Å². The molecule has 18 N–H and O–H groups in total. The van der Waals surface area contributed by atoms with E-state index in [1.165, 1.54) is 0 Å². The number of rotatable bonds is 17. The third-order valence-corrected chi connectivity index (χ3v) is 9.96. The summed E-state index contributed by atoms with van der Waals surface area (Å²) in [6, 6.07) is 0. The van der Waals surface area contributed by atoms with Gasteiger partial charge in [-0.3, -0.25) is 0 Å². The van der Waals surface area contributed by atoms with Gasteiger partial charge in [-0.15, -0.1) is 0 Å². The lowest BCUT2D eigenvalue weighted by Crippen LogP contribution is -2.67. The first kappa shape index (κ1) is 47.6. The van der Waals surface area contributed by atoms with Gasteiger partial charge < -0.3 is 130 Å². The van der Waals surface area contributed by atoms with Crippen molar-refractivity contribution >= 4 is 0 Å². The fourth-order valence-electron chi connectivity index (χ4n) is 6.63. The molecule has 0 radical (unpaired) electrons. The van der Waals surface area contributed by atoms with E-state index in [1.807, 2.05) is 0 Å². The Labute approximate surface area is 317 Å². The molecule has 4 saturated heterocycles. The Balaban J connectivity index is 1.43. The Kier molecular flexibility index (Phi) is 17.8. The van der Waals surface area contributed by atoms with Crippen LogP contribution in [0, 0.1) is 0 Å². The van der Waals surface area contributed by atoms with Crippen molar-refractivity contribution in [2.75, 3.05) is 39.6 Å². The molecular weight excluding hydrogens is 776 g/mol. The van der Waals surface area contributed by atoms with Crippen molar-refractivity contribution in [3.8, 4) is 0 Å².